The molecule has 26 heavy (non-hydrogen) atoms. The lowest BCUT2D eigenvalue weighted by molar-refractivity contribution is -0.123. The molecule has 0 spiro atoms. The molecule has 0 saturated carbocycles. The van der Waals surface area contributed by atoms with E-state index in [1.165, 1.54) is 6.92 Å². The Morgan fingerprint density at radius 3 is 2.73 bits per heavy atom. The molecule has 0 radical (unpaired) electrons. The molecule has 140 valence electrons. The van der Waals surface area contributed by atoms with E-state index in [0.29, 0.717) is 0 Å². The minimum absolute atomic E-state index is 0.0743. The van der Waals surface area contributed by atoms with Crippen molar-refractivity contribution in [2.75, 3.05) is 12.3 Å². The van der Waals surface area contributed by atoms with Crippen LogP contribution in [0.2, 0.25) is 5.02 Å². The van der Waals surface area contributed by atoms with Crippen molar-refractivity contribution in [2.45, 2.75) is 13.1 Å². The maximum atomic E-state index is 14.3. The zero-order valence-electron chi connectivity index (χ0n) is 13.1. The number of benzene rings is 1. The zero-order chi connectivity index (χ0) is 19.6. The third-order valence-electron chi connectivity index (χ3n) is 3.28. The fourth-order valence-electron chi connectivity index (χ4n) is 2.09. The molecule has 7 nitrogen and oxygen atoms in total. The highest BCUT2D eigenvalue weighted by molar-refractivity contribution is 6.35. The quantitative estimate of drug-likeness (QED) is 0.321. The van der Waals surface area contributed by atoms with Crippen molar-refractivity contribution in [1.29, 1.82) is 0 Å². The topological polar surface area (TPSA) is 106 Å². The van der Waals surface area contributed by atoms with Gasteiger partial charge in [-0.3, -0.25) is 4.79 Å². The van der Waals surface area contributed by atoms with Gasteiger partial charge < -0.3 is 16.3 Å². The fraction of sp³-hybridized carbons (Fsp3) is 0.214. The number of alkyl halides is 3. The van der Waals surface area contributed by atoms with Crippen LogP contribution in [-0.2, 0) is 0 Å². The van der Waals surface area contributed by atoms with Crippen molar-refractivity contribution < 1.29 is 27.6 Å². The fourth-order valence-corrected chi connectivity index (χ4v) is 2.26. The van der Waals surface area contributed by atoms with E-state index in [0.717, 1.165) is 23.0 Å². The summed E-state index contributed by atoms with van der Waals surface area (Å²) < 4.78 is 51.9. The first kappa shape index (κ1) is 19.5. The average molecular weight is 394 g/mol. The largest absolute Gasteiger partial charge is 0.411 e. The number of carbonyl (C=O) groups excluding carboxylic acids is 1. The molecule has 2 rings (SSSR count). The summed E-state index contributed by atoms with van der Waals surface area (Å²) in [6, 6.07) is 1.95. The van der Waals surface area contributed by atoms with Gasteiger partial charge in [0, 0.05) is 5.56 Å². The van der Waals surface area contributed by atoms with Crippen LogP contribution in [0.1, 0.15) is 21.6 Å². The van der Waals surface area contributed by atoms with Gasteiger partial charge in [0.25, 0.3) is 5.91 Å². The zero-order valence-corrected chi connectivity index (χ0v) is 13.9. The van der Waals surface area contributed by atoms with Gasteiger partial charge in [0.15, 0.2) is 0 Å². The number of aryl methyl sites for hydroxylation is 1. The van der Waals surface area contributed by atoms with E-state index in [1.807, 2.05) is 0 Å². The van der Waals surface area contributed by atoms with Crippen molar-refractivity contribution in [3.8, 4) is 5.69 Å². The lowest BCUT2D eigenvalue weighted by atomic mass is 10.1. The van der Waals surface area contributed by atoms with E-state index in [9.17, 15) is 22.4 Å². The lowest BCUT2D eigenvalue weighted by Crippen LogP contribution is -2.34. The Morgan fingerprint density at radius 2 is 2.15 bits per heavy atom. The van der Waals surface area contributed by atoms with Crippen LogP contribution in [0.15, 0.2) is 17.3 Å². The first-order valence-corrected chi connectivity index (χ1v) is 7.30. The Balaban J connectivity index is 2.49. The molecular weight excluding hydrogens is 382 g/mol. The number of aromatic nitrogens is 2. The summed E-state index contributed by atoms with van der Waals surface area (Å²) in [4.78, 5) is 12.0. The van der Waals surface area contributed by atoms with Crippen LogP contribution in [0, 0.1) is 12.7 Å². The van der Waals surface area contributed by atoms with Crippen LogP contribution in [0.25, 0.3) is 5.69 Å². The van der Waals surface area contributed by atoms with Crippen molar-refractivity contribution in [3.05, 3.63) is 39.8 Å². The van der Waals surface area contributed by atoms with Crippen LogP contribution in [0.3, 0.4) is 0 Å². The van der Waals surface area contributed by atoms with Crippen LogP contribution in [0.4, 0.5) is 23.4 Å². The van der Waals surface area contributed by atoms with E-state index in [-0.39, 0.29) is 33.3 Å². The molecule has 2 aromatic rings. The van der Waals surface area contributed by atoms with Gasteiger partial charge in [0.1, 0.15) is 34.6 Å². The normalized spacial score (nSPS) is 11.9. The summed E-state index contributed by atoms with van der Waals surface area (Å²) in [7, 11) is 0. The highest BCUT2D eigenvalue weighted by atomic mass is 35.5. The number of hydrogen-bond acceptors (Lipinski definition) is 5. The number of anilines is 1. The maximum absolute atomic E-state index is 14.3. The SMILES string of the molecule is Cc1cc(F)c(-n2nc(/C=N/O)c(Cl)c2N)cc1C(=O)NCC(F)(F)F. The monoisotopic (exact) mass is 393 g/mol. The Morgan fingerprint density at radius 1 is 1.50 bits per heavy atom. The Bertz CT molecular complexity index is 879. The molecule has 4 N–H and O–H groups in total. The third-order valence-corrected chi connectivity index (χ3v) is 3.67. The number of halogens is 5. The molecule has 0 saturated heterocycles. The molecule has 0 fully saturated rings. The summed E-state index contributed by atoms with van der Waals surface area (Å²) >= 11 is 5.89. The Hall–Kier alpha value is -2.82. The van der Waals surface area contributed by atoms with Gasteiger partial charge in [-0.1, -0.05) is 16.8 Å². The second kappa shape index (κ2) is 7.20. The Labute approximate surface area is 149 Å². The number of oxime groups is 1. The summed E-state index contributed by atoms with van der Waals surface area (Å²) in [5.41, 5.74) is 5.25. The minimum atomic E-state index is -4.59. The molecule has 1 aromatic carbocycles. The molecule has 1 aromatic heterocycles. The number of rotatable bonds is 4. The predicted octanol–water partition coefficient (Wildman–Crippen LogP) is 2.66. The highest BCUT2D eigenvalue weighted by Crippen LogP contribution is 2.28. The minimum Gasteiger partial charge on any atom is -0.411 e. The van der Waals surface area contributed by atoms with Gasteiger partial charge in [-0.15, -0.1) is 0 Å². The van der Waals surface area contributed by atoms with Crippen LogP contribution in [-0.4, -0.2) is 39.8 Å². The highest BCUT2D eigenvalue weighted by Gasteiger charge is 2.28. The van der Waals surface area contributed by atoms with Gasteiger partial charge >= 0.3 is 6.18 Å². The van der Waals surface area contributed by atoms with Crippen LogP contribution >= 0.6 is 11.6 Å². The molecule has 1 heterocycles. The predicted molar refractivity (Wildman–Crippen MR) is 85.5 cm³/mol. The average Bonchev–Trinajstić information content (AvgIpc) is 2.81. The number of nitrogens with zero attached hydrogens (tertiary/aromatic N) is 3. The second-order valence-electron chi connectivity index (χ2n) is 5.16. The number of nitrogen functional groups attached to an aromatic ring is 1. The van der Waals surface area contributed by atoms with Gasteiger partial charge in [0.2, 0.25) is 0 Å². The van der Waals surface area contributed by atoms with Crippen LogP contribution in [0.5, 0.6) is 0 Å². The Kier molecular flexibility index (Phi) is 5.40. The van der Waals surface area contributed by atoms with Crippen molar-refractivity contribution in [2.24, 2.45) is 5.16 Å². The first-order valence-electron chi connectivity index (χ1n) is 6.92. The van der Waals surface area contributed by atoms with Crippen molar-refractivity contribution >= 4 is 29.5 Å². The van der Waals surface area contributed by atoms with Crippen molar-refractivity contribution in [3.63, 3.8) is 0 Å². The molecule has 0 unspecified atom stereocenters. The molecule has 1 amide bonds. The van der Waals surface area contributed by atoms with Crippen molar-refractivity contribution in [1.82, 2.24) is 15.1 Å². The molecular formula is C14H12ClF4N5O2. The summed E-state index contributed by atoms with van der Waals surface area (Å²) in [5.74, 6) is -2.10. The summed E-state index contributed by atoms with van der Waals surface area (Å²) in [6.07, 6.45) is -3.73. The number of carbonyl (C=O) groups is 1. The molecule has 0 bridgehead atoms. The van der Waals surface area contributed by atoms with Gasteiger partial charge in [-0.05, 0) is 24.6 Å². The van der Waals surface area contributed by atoms with Gasteiger partial charge in [-0.2, -0.15) is 18.3 Å². The smallest absolute Gasteiger partial charge is 0.405 e. The van der Waals surface area contributed by atoms with Gasteiger partial charge in [0.05, 0.1) is 6.21 Å². The van der Waals surface area contributed by atoms with E-state index in [2.05, 4.69) is 10.3 Å². The first-order chi connectivity index (χ1) is 12.0. The van der Waals surface area contributed by atoms with Crippen LogP contribution < -0.4 is 11.1 Å². The third kappa shape index (κ3) is 4.04. The molecule has 0 aliphatic carbocycles. The standard InChI is InChI=1S/C14H12ClF4N5O2/c1-6-2-8(16)10(3-7(6)13(25)21-5-14(17,18)19)24-12(20)11(15)9(23-24)4-22-26/h2-4,26H,5,20H2,1H3,(H,21,25)/b22-4+. The number of amides is 1. The second-order valence-corrected chi connectivity index (χ2v) is 5.54. The van der Waals surface area contributed by atoms with E-state index in [1.54, 1.807) is 5.32 Å². The maximum Gasteiger partial charge on any atom is 0.405 e. The lowest BCUT2D eigenvalue weighted by Gasteiger charge is -2.13. The van der Waals surface area contributed by atoms with E-state index in [4.69, 9.17) is 22.5 Å². The molecule has 0 aliphatic rings. The summed E-state index contributed by atoms with van der Waals surface area (Å²) in [5, 5.41) is 16.7. The molecule has 0 atom stereocenters. The molecule has 0 aliphatic heterocycles. The van der Waals surface area contributed by atoms with E-state index >= 15 is 0 Å². The van der Waals surface area contributed by atoms with Gasteiger partial charge in [-0.25, -0.2) is 9.07 Å². The summed E-state index contributed by atoms with van der Waals surface area (Å²) in [6.45, 7) is -0.177. The molecule has 12 heteroatoms. The number of nitrogens with one attached hydrogen (secondary N) is 1. The van der Waals surface area contributed by atoms with E-state index < -0.39 is 24.4 Å². The number of hydrogen-bond donors (Lipinski definition) is 3. The number of nitrogens with two attached hydrogens (primary N) is 1.